The molecule has 2 aromatic heterocycles. The third-order valence-corrected chi connectivity index (χ3v) is 4.55. The zero-order chi connectivity index (χ0) is 17.9. The zero-order valence-corrected chi connectivity index (χ0v) is 14.4. The van der Waals surface area contributed by atoms with Gasteiger partial charge in [-0.15, -0.1) is 0 Å². The highest BCUT2D eigenvalue weighted by Crippen LogP contribution is 2.28. The summed E-state index contributed by atoms with van der Waals surface area (Å²) in [5, 5.41) is 3.93. The number of hydrogen-bond donors (Lipinski definition) is 0. The van der Waals surface area contributed by atoms with Crippen molar-refractivity contribution in [3.05, 3.63) is 54.1 Å². The van der Waals surface area contributed by atoms with Crippen LogP contribution in [0.2, 0.25) is 0 Å². The van der Waals surface area contributed by atoms with Gasteiger partial charge in [-0.1, -0.05) is 17.3 Å². The number of benzene rings is 1. The standard InChI is InChI=1S/C19H19N3O4/c1-24-15-7-4-13(5-8-15)6-9-17(23)22-11-14(12-22)19-20-18(21-26-19)16-3-2-10-25-16/h2-5,7-8,10,14H,6,9,11-12H2,1H3. The van der Waals surface area contributed by atoms with E-state index >= 15 is 0 Å². The highest BCUT2D eigenvalue weighted by atomic mass is 16.5. The van der Waals surface area contributed by atoms with Crippen LogP contribution >= 0.6 is 0 Å². The Bertz CT molecular complexity index is 865. The number of likely N-dealkylation sites (tertiary alicyclic amines) is 1. The lowest BCUT2D eigenvalue weighted by molar-refractivity contribution is -0.135. The number of hydrogen-bond acceptors (Lipinski definition) is 6. The summed E-state index contributed by atoms with van der Waals surface area (Å²) in [6.45, 7) is 1.22. The molecule has 1 fully saturated rings. The van der Waals surface area contributed by atoms with Crippen LogP contribution in [0.3, 0.4) is 0 Å². The molecule has 0 aliphatic carbocycles. The molecule has 1 aliphatic rings. The van der Waals surface area contributed by atoms with Gasteiger partial charge in [0.05, 0.1) is 19.3 Å². The third kappa shape index (κ3) is 3.33. The molecule has 0 N–H and O–H groups in total. The Kier molecular flexibility index (Phi) is 4.43. The molecule has 0 spiro atoms. The molecule has 26 heavy (non-hydrogen) atoms. The number of methoxy groups -OCH3 is 1. The quantitative estimate of drug-likeness (QED) is 0.678. The van der Waals surface area contributed by atoms with Gasteiger partial charge in [-0.2, -0.15) is 4.98 Å². The summed E-state index contributed by atoms with van der Waals surface area (Å²) < 4.78 is 15.7. The van der Waals surface area contributed by atoms with Gasteiger partial charge in [-0.3, -0.25) is 4.79 Å². The molecule has 1 aromatic carbocycles. The molecule has 0 bridgehead atoms. The minimum atomic E-state index is 0.0937. The first-order chi connectivity index (χ1) is 12.7. The van der Waals surface area contributed by atoms with Crippen LogP contribution < -0.4 is 4.74 Å². The predicted octanol–water partition coefficient (Wildman–Crippen LogP) is 2.90. The largest absolute Gasteiger partial charge is 0.497 e. The van der Waals surface area contributed by atoms with Crippen molar-refractivity contribution in [1.82, 2.24) is 15.0 Å². The first-order valence-corrected chi connectivity index (χ1v) is 8.51. The fourth-order valence-corrected chi connectivity index (χ4v) is 2.95. The molecule has 4 rings (SSSR count). The number of aromatic nitrogens is 2. The lowest BCUT2D eigenvalue weighted by atomic mass is 9.99. The number of carbonyl (C=O) groups excluding carboxylic acids is 1. The van der Waals surface area contributed by atoms with Gasteiger partial charge in [-0.25, -0.2) is 0 Å². The fourth-order valence-electron chi connectivity index (χ4n) is 2.95. The number of amides is 1. The predicted molar refractivity (Wildman–Crippen MR) is 92.6 cm³/mol. The maximum atomic E-state index is 12.3. The molecule has 134 valence electrons. The Balaban J connectivity index is 1.27. The fraction of sp³-hybridized carbons (Fsp3) is 0.316. The van der Waals surface area contributed by atoms with Crippen LogP contribution in [0.25, 0.3) is 11.6 Å². The number of furan rings is 1. The summed E-state index contributed by atoms with van der Waals surface area (Å²) in [7, 11) is 1.64. The number of carbonyl (C=O) groups is 1. The number of nitrogens with zero attached hydrogens (tertiary/aromatic N) is 3. The monoisotopic (exact) mass is 353 g/mol. The van der Waals surface area contributed by atoms with E-state index < -0.39 is 0 Å². The average molecular weight is 353 g/mol. The smallest absolute Gasteiger partial charge is 0.238 e. The van der Waals surface area contributed by atoms with Gasteiger partial charge in [0, 0.05) is 19.5 Å². The second-order valence-electron chi connectivity index (χ2n) is 6.28. The molecule has 0 radical (unpaired) electrons. The van der Waals surface area contributed by atoms with Gasteiger partial charge in [0.1, 0.15) is 5.75 Å². The van der Waals surface area contributed by atoms with E-state index in [-0.39, 0.29) is 11.8 Å². The van der Waals surface area contributed by atoms with E-state index in [1.165, 1.54) is 0 Å². The highest BCUT2D eigenvalue weighted by Gasteiger charge is 2.35. The summed E-state index contributed by atoms with van der Waals surface area (Å²) in [6, 6.07) is 11.3. The Morgan fingerprint density at radius 3 is 2.77 bits per heavy atom. The van der Waals surface area contributed by atoms with Crippen LogP contribution in [0, 0.1) is 0 Å². The average Bonchev–Trinajstić information content (AvgIpc) is 3.30. The van der Waals surface area contributed by atoms with E-state index in [0.29, 0.717) is 43.4 Å². The van der Waals surface area contributed by atoms with E-state index in [1.54, 1.807) is 25.5 Å². The summed E-state index contributed by atoms with van der Waals surface area (Å²) >= 11 is 0. The van der Waals surface area contributed by atoms with Crippen LogP contribution in [0.15, 0.2) is 51.6 Å². The summed E-state index contributed by atoms with van der Waals surface area (Å²) in [6.07, 6.45) is 2.77. The van der Waals surface area contributed by atoms with Crippen LogP contribution in [0.4, 0.5) is 0 Å². The van der Waals surface area contributed by atoms with Crippen LogP contribution in [0.5, 0.6) is 5.75 Å². The van der Waals surface area contributed by atoms with Crippen LogP contribution in [-0.4, -0.2) is 41.1 Å². The van der Waals surface area contributed by atoms with Gasteiger partial charge in [0.2, 0.25) is 17.6 Å². The summed E-state index contributed by atoms with van der Waals surface area (Å²) in [5.74, 6) is 2.62. The lowest BCUT2D eigenvalue weighted by Crippen LogP contribution is -2.48. The molecule has 3 aromatic rings. The van der Waals surface area contributed by atoms with E-state index in [4.69, 9.17) is 13.7 Å². The Hall–Kier alpha value is -3.09. The van der Waals surface area contributed by atoms with Gasteiger partial charge >= 0.3 is 0 Å². The van der Waals surface area contributed by atoms with E-state index in [2.05, 4.69) is 10.1 Å². The van der Waals surface area contributed by atoms with Crippen molar-refractivity contribution >= 4 is 5.91 Å². The van der Waals surface area contributed by atoms with Crippen molar-refractivity contribution in [2.75, 3.05) is 20.2 Å². The second-order valence-corrected chi connectivity index (χ2v) is 6.28. The Morgan fingerprint density at radius 1 is 1.27 bits per heavy atom. The van der Waals surface area contributed by atoms with Crippen molar-refractivity contribution < 1.29 is 18.5 Å². The first kappa shape index (κ1) is 16.4. The van der Waals surface area contributed by atoms with Gasteiger partial charge in [0.25, 0.3) is 0 Å². The Labute approximate surface area is 150 Å². The molecule has 1 amide bonds. The van der Waals surface area contributed by atoms with E-state index in [0.717, 1.165) is 11.3 Å². The van der Waals surface area contributed by atoms with Gasteiger partial charge in [0.15, 0.2) is 5.76 Å². The first-order valence-electron chi connectivity index (χ1n) is 8.51. The second kappa shape index (κ2) is 7.03. The lowest BCUT2D eigenvalue weighted by Gasteiger charge is -2.37. The summed E-state index contributed by atoms with van der Waals surface area (Å²) in [4.78, 5) is 18.5. The van der Waals surface area contributed by atoms with Crippen molar-refractivity contribution in [2.45, 2.75) is 18.8 Å². The van der Waals surface area contributed by atoms with Crippen LogP contribution in [-0.2, 0) is 11.2 Å². The molecule has 0 unspecified atom stereocenters. The van der Waals surface area contributed by atoms with Crippen LogP contribution in [0.1, 0.15) is 23.8 Å². The number of aryl methyl sites for hydroxylation is 1. The maximum absolute atomic E-state index is 12.3. The minimum Gasteiger partial charge on any atom is -0.497 e. The molecule has 7 nitrogen and oxygen atoms in total. The molecular formula is C19H19N3O4. The SMILES string of the molecule is COc1ccc(CCC(=O)N2CC(c3nc(-c4ccco4)no3)C2)cc1. The van der Waals surface area contributed by atoms with Gasteiger partial charge in [-0.05, 0) is 36.2 Å². The maximum Gasteiger partial charge on any atom is 0.238 e. The number of rotatable bonds is 6. The highest BCUT2D eigenvalue weighted by molar-refractivity contribution is 5.77. The molecular weight excluding hydrogens is 334 g/mol. The summed E-state index contributed by atoms with van der Waals surface area (Å²) in [5.41, 5.74) is 1.12. The van der Waals surface area contributed by atoms with Crippen molar-refractivity contribution in [3.63, 3.8) is 0 Å². The molecule has 7 heteroatoms. The van der Waals surface area contributed by atoms with Crippen molar-refractivity contribution in [2.24, 2.45) is 0 Å². The van der Waals surface area contributed by atoms with E-state index in [9.17, 15) is 4.79 Å². The Morgan fingerprint density at radius 2 is 2.08 bits per heavy atom. The van der Waals surface area contributed by atoms with E-state index in [1.807, 2.05) is 29.2 Å². The van der Waals surface area contributed by atoms with Crippen molar-refractivity contribution in [1.29, 1.82) is 0 Å². The zero-order valence-electron chi connectivity index (χ0n) is 14.4. The third-order valence-electron chi connectivity index (χ3n) is 4.55. The van der Waals surface area contributed by atoms with Crippen molar-refractivity contribution in [3.8, 4) is 17.3 Å². The van der Waals surface area contributed by atoms with Gasteiger partial charge < -0.3 is 18.6 Å². The topological polar surface area (TPSA) is 81.6 Å². The molecule has 0 saturated carbocycles. The molecule has 1 aliphatic heterocycles. The normalized spacial score (nSPS) is 14.3. The molecule has 1 saturated heterocycles. The minimum absolute atomic E-state index is 0.0937. The number of ether oxygens (including phenoxy) is 1. The molecule has 3 heterocycles. The molecule has 0 atom stereocenters.